The van der Waals surface area contributed by atoms with E-state index >= 15 is 0 Å². The van der Waals surface area contributed by atoms with Crippen molar-refractivity contribution in [2.45, 2.75) is 18.2 Å². The van der Waals surface area contributed by atoms with Gasteiger partial charge in [0.2, 0.25) is 0 Å². The molecule has 0 aliphatic carbocycles. The lowest BCUT2D eigenvalue weighted by molar-refractivity contribution is 1.01. The van der Waals surface area contributed by atoms with Gasteiger partial charge in [-0.05, 0) is 29.5 Å². The summed E-state index contributed by atoms with van der Waals surface area (Å²) in [6, 6.07) is 8.16. The first-order valence-corrected chi connectivity index (χ1v) is 6.08. The monoisotopic (exact) mass is 231 g/mol. The maximum absolute atomic E-state index is 8.09. The van der Waals surface area contributed by atoms with E-state index in [2.05, 4.69) is 40.9 Å². The summed E-state index contributed by atoms with van der Waals surface area (Å²) in [7, 11) is 0. The first-order chi connectivity index (χ1) is 7.86. The highest BCUT2D eigenvalue weighted by Gasteiger charge is 1.92. The fourth-order valence-corrected chi connectivity index (χ4v) is 1.86. The number of nitrogens with zero attached hydrogens (tertiary/aromatic N) is 3. The van der Waals surface area contributed by atoms with Gasteiger partial charge in [-0.25, -0.2) is 0 Å². The number of thioether (sulfide) groups is 1. The second-order valence-electron chi connectivity index (χ2n) is 2.97. The van der Waals surface area contributed by atoms with E-state index in [4.69, 9.17) is 5.53 Å². The summed E-state index contributed by atoms with van der Waals surface area (Å²) in [5.74, 6) is 7.10. The minimum Gasteiger partial charge on any atom is -0.126 e. The van der Waals surface area contributed by atoms with Crippen LogP contribution in [0.4, 0.5) is 0 Å². The van der Waals surface area contributed by atoms with E-state index in [1.165, 1.54) is 4.90 Å². The van der Waals surface area contributed by atoms with Crippen LogP contribution >= 0.6 is 11.8 Å². The van der Waals surface area contributed by atoms with Crippen molar-refractivity contribution in [1.29, 1.82) is 0 Å². The van der Waals surface area contributed by atoms with E-state index in [0.29, 0.717) is 13.0 Å². The van der Waals surface area contributed by atoms with Crippen LogP contribution in [0, 0.1) is 11.8 Å². The summed E-state index contributed by atoms with van der Waals surface area (Å²) in [5.41, 5.74) is 9.10. The van der Waals surface area contributed by atoms with Crippen molar-refractivity contribution in [3.63, 3.8) is 0 Å². The predicted molar refractivity (Wildman–Crippen MR) is 68.3 cm³/mol. The third-order valence-electron chi connectivity index (χ3n) is 1.78. The molecule has 0 aliphatic rings. The van der Waals surface area contributed by atoms with Crippen molar-refractivity contribution in [1.82, 2.24) is 0 Å². The fourth-order valence-electron chi connectivity index (χ4n) is 1.15. The minimum atomic E-state index is 0.437. The second kappa shape index (κ2) is 7.70. The van der Waals surface area contributed by atoms with Crippen molar-refractivity contribution in [3.05, 3.63) is 40.3 Å². The van der Waals surface area contributed by atoms with Crippen LogP contribution in [0.3, 0.4) is 0 Å². The maximum Gasteiger partial charge on any atom is 0.0367 e. The summed E-state index contributed by atoms with van der Waals surface area (Å²) in [6.45, 7) is 2.57. The molecule has 0 bridgehead atoms. The molecule has 82 valence electrons. The third kappa shape index (κ3) is 4.79. The van der Waals surface area contributed by atoms with Crippen molar-refractivity contribution >= 4 is 11.8 Å². The van der Waals surface area contributed by atoms with Crippen LogP contribution in [0.1, 0.15) is 18.9 Å². The van der Waals surface area contributed by atoms with Crippen LogP contribution in [-0.4, -0.2) is 12.3 Å². The Hall–Kier alpha value is -1.56. The molecule has 16 heavy (non-hydrogen) atoms. The highest BCUT2D eigenvalue weighted by Crippen LogP contribution is 2.17. The Morgan fingerprint density at radius 2 is 2.38 bits per heavy atom. The minimum absolute atomic E-state index is 0.437. The SMILES string of the molecule is CCSc1cccc(C#CCCN=[N+]=[N-])c1. The van der Waals surface area contributed by atoms with Crippen molar-refractivity contribution in [3.8, 4) is 11.8 Å². The van der Waals surface area contributed by atoms with Crippen molar-refractivity contribution < 1.29 is 0 Å². The Balaban J connectivity index is 2.58. The standard InChI is InChI=1S/C12H13N3S/c1-2-16-12-8-5-7-11(10-12)6-3-4-9-14-15-13/h5,7-8,10H,2,4,9H2,1H3. The summed E-state index contributed by atoms with van der Waals surface area (Å²) < 4.78 is 0. The smallest absolute Gasteiger partial charge is 0.0367 e. The van der Waals surface area contributed by atoms with Gasteiger partial charge in [-0.2, -0.15) is 0 Å². The molecule has 3 nitrogen and oxygen atoms in total. The molecule has 0 aromatic heterocycles. The summed E-state index contributed by atoms with van der Waals surface area (Å²) >= 11 is 1.80. The highest BCUT2D eigenvalue weighted by atomic mass is 32.2. The zero-order valence-electron chi connectivity index (χ0n) is 9.18. The molecule has 0 amide bonds. The van der Waals surface area contributed by atoms with E-state index in [9.17, 15) is 0 Å². The first kappa shape index (κ1) is 12.5. The van der Waals surface area contributed by atoms with Gasteiger partial charge in [-0.3, -0.25) is 0 Å². The topological polar surface area (TPSA) is 48.8 Å². The number of benzene rings is 1. The summed E-state index contributed by atoms with van der Waals surface area (Å²) in [5, 5.41) is 3.42. The molecule has 1 rings (SSSR count). The van der Waals surface area contributed by atoms with Crippen LogP contribution in [0.25, 0.3) is 10.4 Å². The van der Waals surface area contributed by atoms with Crippen molar-refractivity contribution in [2.75, 3.05) is 12.3 Å². The van der Waals surface area contributed by atoms with Gasteiger partial charge in [0.25, 0.3) is 0 Å². The number of azide groups is 1. The summed E-state index contributed by atoms with van der Waals surface area (Å²) in [4.78, 5) is 3.91. The van der Waals surface area contributed by atoms with Crippen LogP contribution < -0.4 is 0 Å². The normalized spacial score (nSPS) is 8.81. The average Bonchev–Trinajstić information content (AvgIpc) is 2.30. The van der Waals surface area contributed by atoms with Gasteiger partial charge in [0, 0.05) is 28.3 Å². The highest BCUT2D eigenvalue weighted by molar-refractivity contribution is 7.99. The molecule has 0 saturated carbocycles. The van der Waals surface area contributed by atoms with Gasteiger partial charge in [-0.1, -0.05) is 29.9 Å². The molecule has 1 aromatic rings. The zero-order chi connectivity index (χ0) is 11.6. The second-order valence-corrected chi connectivity index (χ2v) is 4.30. The summed E-state index contributed by atoms with van der Waals surface area (Å²) in [6.07, 6.45) is 0.606. The van der Waals surface area contributed by atoms with E-state index in [1.807, 2.05) is 12.1 Å². The lowest BCUT2D eigenvalue weighted by Gasteiger charge is -1.97. The molecule has 0 fully saturated rings. The quantitative estimate of drug-likeness (QED) is 0.194. The lowest BCUT2D eigenvalue weighted by atomic mass is 10.2. The van der Waals surface area contributed by atoms with Crippen LogP contribution in [0.15, 0.2) is 34.3 Å². The predicted octanol–water partition coefficient (Wildman–Crippen LogP) is 3.85. The third-order valence-corrected chi connectivity index (χ3v) is 2.65. The fraction of sp³-hybridized carbons (Fsp3) is 0.333. The molecule has 0 aliphatic heterocycles. The number of hydrogen-bond acceptors (Lipinski definition) is 2. The Labute approximate surface area is 99.9 Å². The first-order valence-electron chi connectivity index (χ1n) is 5.09. The van der Waals surface area contributed by atoms with Gasteiger partial charge in [0.1, 0.15) is 0 Å². The van der Waals surface area contributed by atoms with Crippen LogP contribution in [-0.2, 0) is 0 Å². The molecule has 4 heteroatoms. The Morgan fingerprint density at radius 3 is 3.12 bits per heavy atom. The number of hydrogen-bond donors (Lipinski definition) is 0. The lowest BCUT2D eigenvalue weighted by Crippen LogP contribution is -1.78. The molecular formula is C12H13N3S. The van der Waals surface area contributed by atoms with E-state index in [1.54, 1.807) is 11.8 Å². The van der Waals surface area contributed by atoms with E-state index in [-0.39, 0.29) is 0 Å². The van der Waals surface area contributed by atoms with Gasteiger partial charge >= 0.3 is 0 Å². The van der Waals surface area contributed by atoms with Crippen LogP contribution in [0.5, 0.6) is 0 Å². The molecular weight excluding hydrogens is 218 g/mol. The molecule has 0 heterocycles. The Morgan fingerprint density at radius 1 is 1.50 bits per heavy atom. The largest absolute Gasteiger partial charge is 0.126 e. The van der Waals surface area contributed by atoms with Gasteiger partial charge in [-0.15, -0.1) is 11.8 Å². The molecule has 0 saturated heterocycles. The number of rotatable bonds is 4. The zero-order valence-corrected chi connectivity index (χ0v) is 10.00. The molecule has 1 aromatic carbocycles. The van der Waals surface area contributed by atoms with Crippen LogP contribution in [0.2, 0.25) is 0 Å². The van der Waals surface area contributed by atoms with Gasteiger partial charge < -0.3 is 0 Å². The van der Waals surface area contributed by atoms with E-state index < -0.39 is 0 Å². The molecule has 0 atom stereocenters. The Bertz CT molecular complexity index is 439. The Kier molecular flexibility index (Phi) is 6.02. The average molecular weight is 231 g/mol. The van der Waals surface area contributed by atoms with Gasteiger partial charge in [0.15, 0.2) is 0 Å². The van der Waals surface area contributed by atoms with Gasteiger partial charge in [0.05, 0.1) is 0 Å². The molecule has 0 spiro atoms. The molecule has 0 radical (unpaired) electrons. The maximum atomic E-state index is 8.09. The van der Waals surface area contributed by atoms with E-state index in [0.717, 1.165) is 11.3 Å². The molecule has 0 unspecified atom stereocenters. The van der Waals surface area contributed by atoms with Crippen molar-refractivity contribution in [2.24, 2.45) is 5.11 Å². The molecule has 0 N–H and O–H groups in total.